The molecule has 1 heterocycles. The van der Waals surface area contributed by atoms with Crippen molar-refractivity contribution in [2.75, 3.05) is 19.3 Å². The molecule has 120 valence electrons. The number of furan rings is 1. The zero-order valence-electron chi connectivity index (χ0n) is 12.9. The predicted molar refractivity (Wildman–Crippen MR) is 85.2 cm³/mol. The number of nitrogens with one attached hydrogen (secondary N) is 2. The van der Waals surface area contributed by atoms with Crippen LogP contribution in [0.25, 0.3) is 11.0 Å². The molecule has 2 N–H and O–H groups in total. The van der Waals surface area contributed by atoms with E-state index in [0.29, 0.717) is 0 Å². The van der Waals surface area contributed by atoms with Gasteiger partial charge in [0.25, 0.3) is 0 Å². The third-order valence-electron chi connectivity index (χ3n) is 3.50. The predicted octanol–water partition coefficient (Wildman–Crippen LogP) is 1.26. The summed E-state index contributed by atoms with van der Waals surface area (Å²) in [4.78, 5) is 11.9. The Kier molecular flexibility index (Phi) is 4.87. The summed E-state index contributed by atoms with van der Waals surface area (Å²) in [7, 11) is -3.23. The molecule has 0 radical (unpaired) electrons. The van der Waals surface area contributed by atoms with Gasteiger partial charge < -0.3 is 9.73 Å². The number of benzene rings is 1. The molecule has 2 aromatic rings. The summed E-state index contributed by atoms with van der Waals surface area (Å²) in [5, 5.41) is 3.61. The number of rotatable bonds is 6. The molecule has 1 aromatic carbocycles. The van der Waals surface area contributed by atoms with Crippen molar-refractivity contribution in [2.45, 2.75) is 20.3 Å². The maximum absolute atomic E-state index is 11.9. The molecule has 1 amide bonds. The Morgan fingerprint density at radius 3 is 2.64 bits per heavy atom. The third kappa shape index (κ3) is 4.08. The summed E-state index contributed by atoms with van der Waals surface area (Å²) in [5.74, 6) is -0.170. The van der Waals surface area contributed by atoms with Crippen molar-refractivity contribution in [2.24, 2.45) is 0 Å². The van der Waals surface area contributed by atoms with Gasteiger partial charge in [-0.1, -0.05) is 12.1 Å². The molecule has 1 aromatic heterocycles. The van der Waals surface area contributed by atoms with E-state index in [4.69, 9.17) is 4.42 Å². The van der Waals surface area contributed by atoms with E-state index in [2.05, 4.69) is 10.0 Å². The van der Waals surface area contributed by atoms with Crippen LogP contribution in [0.4, 0.5) is 0 Å². The van der Waals surface area contributed by atoms with Crippen LogP contribution in [-0.4, -0.2) is 33.7 Å². The summed E-state index contributed by atoms with van der Waals surface area (Å²) in [5.41, 5.74) is 3.85. The molecule has 22 heavy (non-hydrogen) atoms. The van der Waals surface area contributed by atoms with E-state index in [9.17, 15) is 13.2 Å². The number of fused-ring (bicyclic) bond motifs is 1. The number of amides is 1. The molecule has 0 fully saturated rings. The van der Waals surface area contributed by atoms with Crippen LogP contribution in [0.2, 0.25) is 0 Å². The van der Waals surface area contributed by atoms with E-state index in [0.717, 1.165) is 33.9 Å². The number of hydrogen-bond donors (Lipinski definition) is 2. The fourth-order valence-corrected chi connectivity index (χ4v) is 2.67. The Hall–Kier alpha value is -1.86. The Morgan fingerprint density at radius 2 is 1.95 bits per heavy atom. The van der Waals surface area contributed by atoms with Gasteiger partial charge in [0.05, 0.1) is 18.9 Å². The molecule has 0 spiro atoms. The maximum atomic E-state index is 11.9. The number of carbonyl (C=O) groups excluding carboxylic acids is 1. The van der Waals surface area contributed by atoms with Gasteiger partial charge in [0.15, 0.2) is 0 Å². The summed E-state index contributed by atoms with van der Waals surface area (Å²) < 4.78 is 29.7. The number of aryl methyl sites for hydroxylation is 2. The van der Waals surface area contributed by atoms with E-state index < -0.39 is 10.0 Å². The lowest BCUT2D eigenvalue weighted by Crippen LogP contribution is -2.34. The molecule has 0 unspecified atom stereocenters. The van der Waals surface area contributed by atoms with Crippen molar-refractivity contribution in [3.05, 3.63) is 35.1 Å². The molecule has 0 saturated carbocycles. The zero-order valence-corrected chi connectivity index (χ0v) is 13.7. The largest absolute Gasteiger partial charge is 0.464 e. The molecule has 0 atom stereocenters. The summed E-state index contributed by atoms with van der Waals surface area (Å²) in [6, 6.07) is 3.96. The quantitative estimate of drug-likeness (QED) is 0.783. The minimum Gasteiger partial charge on any atom is -0.464 e. The molecule has 0 bridgehead atoms. The monoisotopic (exact) mass is 324 g/mol. The normalized spacial score (nSPS) is 11.8. The van der Waals surface area contributed by atoms with Crippen molar-refractivity contribution in [1.82, 2.24) is 10.0 Å². The molecule has 0 saturated heterocycles. The van der Waals surface area contributed by atoms with Gasteiger partial charge in [-0.05, 0) is 25.0 Å². The van der Waals surface area contributed by atoms with Crippen molar-refractivity contribution in [3.63, 3.8) is 0 Å². The van der Waals surface area contributed by atoms with Crippen LogP contribution in [0.3, 0.4) is 0 Å². The highest BCUT2D eigenvalue weighted by molar-refractivity contribution is 7.88. The average molecular weight is 324 g/mol. The Bertz CT molecular complexity index is 793. The first-order chi connectivity index (χ1) is 10.3. The highest BCUT2D eigenvalue weighted by Gasteiger charge is 2.12. The van der Waals surface area contributed by atoms with Gasteiger partial charge in [0.1, 0.15) is 5.58 Å². The average Bonchev–Trinajstić information content (AvgIpc) is 2.82. The lowest BCUT2D eigenvalue weighted by atomic mass is 10.0. The summed E-state index contributed by atoms with van der Waals surface area (Å²) >= 11 is 0. The minimum absolute atomic E-state index is 0.170. The lowest BCUT2D eigenvalue weighted by molar-refractivity contribution is -0.120. The van der Waals surface area contributed by atoms with Gasteiger partial charge >= 0.3 is 0 Å². The summed E-state index contributed by atoms with van der Waals surface area (Å²) in [6.07, 6.45) is 2.89. The lowest BCUT2D eigenvalue weighted by Gasteiger charge is -2.05. The highest BCUT2D eigenvalue weighted by atomic mass is 32.2. The maximum Gasteiger partial charge on any atom is 0.224 e. The smallest absolute Gasteiger partial charge is 0.224 e. The molecular formula is C15H20N2O4S. The Balaban J connectivity index is 1.96. The Labute approximate surface area is 129 Å². The molecule has 0 aliphatic heterocycles. The molecule has 0 aliphatic carbocycles. The van der Waals surface area contributed by atoms with Gasteiger partial charge in [-0.2, -0.15) is 0 Å². The van der Waals surface area contributed by atoms with E-state index >= 15 is 0 Å². The van der Waals surface area contributed by atoms with Crippen molar-refractivity contribution >= 4 is 26.9 Å². The van der Waals surface area contributed by atoms with Crippen LogP contribution in [0.1, 0.15) is 16.7 Å². The number of hydrogen-bond acceptors (Lipinski definition) is 4. The van der Waals surface area contributed by atoms with Crippen LogP contribution in [0.5, 0.6) is 0 Å². The molecule has 2 rings (SSSR count). The van der Waals surface area contributed by atoms with Gasteiger partial charge in [0.2, 0.25) is 15.9 Å². The van der Waals surface area contributed by atoms with Gasteiger partial charge in [0, 0.05) is 24.0 Å². The molecule has 6 nitrogen and oxygen atoms in total. The van der Waals surface area contributed by atoms with E-state index in [1.54, 1.807) is 6.26 Å². The van der Waals surface area contributed by atoms with Crippen LogP contribution in [-0.2, 0) is 21.2 Å². The topological polar surface area (TPSA) is 88.4 Å². The van der Waals surface area contributed by atoms with Crippen LogP contribution in [0.15, 0.2) is 22.8 Å². The first-order valence-electron chi connectivity index (χ1n) is 6.95. The minimum atomic E-state index is -3.23. The van der Waals surface area contributed by atoms with E-state index in [1.165, 1.54) is 0 Å². The molecule has 7 heteroatoms. The van der Waals surface area contributed by atoms with E-state index in [1.807, 2.05) is 26.0 Å². The summed E-state index contributed by atoms with van der Waals surface area (Å²) in [6.45, 7) is 4.43. The second-order valence-electron chi connectivity index (χ2n) is 5.34. The fourth-order valence-electron chi connectivity index (χ4n) is 2.20. The molecular weight excluding hydrogens is 304 g/mol. The zero-order chi connectivity index (χ0) is 16.3. The third-order valence-corrected chi connectivity index (χ3v) is 4.23. The first kappa shape index (κ1) is 16.5. The van der Waals surface area contributed by atoms with Crippen LogP contribution >= 0.6 is 0 Å². The second-order valence-corrected chi connectivity index (χ2v) is 7.17. The first-order valence-corrected chi connectivity index (χ1v) is 8.84. The van der Waals surface area contributed by atoms with Crippen molar-refractivity contribution in [3.8, 4) is 0 Å². The number of sulfonamides is 1. The Morgan fingerprint density at radius 1 is 1.23 bits per heavy atom. The standard InChI is InChI=1S/C15H20N2O4S/c1-10-4-5-13-12(9-21-15(13)11(10)2)8-14(18)16-6-7-17-22(3,19)20/h4-5,9,17H,6-8H2,1-3H3,(H,16,18). The fraction of sp³-hybridized carbons (Fsp3) is 0.400. The molecule has 0 aliphatic rings. The van der Waals surface area contributed by atoms with E-state index in [-0.39, 0.29) is 25.4 Å². The highest BCUT2D eigenvalue weighted by Crippen LogP contribution is 2.26. The van der Waals surface area contributed by atoms with Gasteiger partial charge in [-0.15, -0.1) is 0 Å². The van der Waals surface area contributed by atoms with Crippen molar-refractivity contribution < 1.29 is 17.6 Å². The van der Waals surface area contributed by atoms with Crippen molar-refractivity contribution in [1.29, 1.82) is 0 Å². The van der Waals surface area contributed by atoms with Crippen LogP contribution < -0.4 is 10.0 Å². The second kappa shape index (κ2) is 6.50. The van der Waals surface area contributed by atoms with Crippen LogP contribution in [0, 0.1) is 13.8 Å². The van der Waals surface area contributed by atoms with Gasteiger partial charge in [-0.25, -0.2) is 13.1 Å². The van der Waals surface area contributed by atoms with Gasteiger partial charge in [-0.3, -0.25) is 4.79 Å². The number of carbonyl (C=O) groups is 1. The SMILES string of the molecule is Cc1ccc2c(CC(=O)NCCNS(C)(=O)=O)coc2c1C.